The largest absolute Gasteiger partial charge is 0.315 e. The lowest BCUT2D eigenvalue weighted by molar-refractivity contribution is -0.136. The number of hydrogen-bond acceptors (Lipinski definition) is 6. The van der Waals surface area contributed by atoms with Crippen molar-refractivity contribution in [2.75, 3.05) is 13.1 Å². The number of fused-ring (bicyclic) bond motifs is 1. The van der Waals surface area contributed by atoms with Gasteiger partial charge in [0.2, 0.25) is 11.8 Å². The third-order valence-electron chi connectivity index (χ3n) is 7.33. The van der Waals surface area contributed by atoms with Crippen molar-refractivity contribution in [3.8, 4) is 0 Å². The Kier molecular flexibility index (Phi) is 4.71. The minimum absolute atomic E-state index is 0.120. The second-order valence-corrected chi connectivity index (χ2v) is 8.89. The van der Waals surface area contributed by atoms with Gasteiger partial charge in [-0.05, 0) is 49.3 Å². The van der Waals surface area contributed by atoms with E-state index in [2.05, 4.69) is 16.0 Å². The molecule has 2 saturated heterocycles. The van der Waals surface area contributed by atoms with Gasteiger partial charge in [-0.2, -0.15) is 0 Å². The lowest BCUT2D eigenvalue weighted by Gasteiger charge is -2.51. The molecule has 1 aromatic carbocycles. The average Bonchev–Trinajstić information content (AvgIpc) is 2.97. The van der Waals surface area contributed by atoms with Gasteiger partial charge in [-0.25, -0.2) is 0 Å². The molecule has 8 nitrogen and oxygen atoms in total. The van der Waals surface area contributed by atoms with Gasteiger partial charge in [0.15, 0.2) is 0 Å². The number of piperidine rings is 2. The van der Waals surface area contributed by atoms with E-state index in [1.807, 2.05) is 6.07 Å². The van der Waals surface area contributed by atoms with Crippen LogP contribution in [0.4, 0.5) is 0 Å². The summed E-state index contributed by atoms with van der Waals surface area (Å²) < 4.78 is 0. The number of carbonyl (C=O) groups excluding carboxylic acids is 4. The first kappa shape index (κ1) is 19.4. The van der Waals surface area contributed by atoms with Gasteiger partial charge in [0.25, 0.3) is 11.8 Å². The topological polar surface area (TPSA) is 108 Å². The summed E-state index contributed by atoms with van der Waals surface area (Å²) in [5.41, 5.74) is 1.85. The summed E-state index contributed by atoms with van der Waals surface area (Å²) in [6.45, 7) is 2.45. The van der Waals surface area contributed by atoms with Crippen LogP contribution in [0.3, 0.4) is 0 Å². The fourth-order valence-electron chi connectivity index (χ4n) is 5.46. The molecule has 1 aromatic rings. The van der Waals surface area contributed by atoms with Crippen LogP contribution >= 0.6 is 0 Å². The Morgan fingerprint density at radius 3 is 2.67 bits per heavy atom. The van der Waals surface area contributed by atoms with Crippen molar-refractivity contribution in [3.63, 3.8) is 0 Å². The molecule has 8 heteroatoms. The maximum absolute atomic E-state index is 13.2. The van der Waals surface area contributed by atoms with Crippen molar-refractivity contribution in [1.82, 2.24) is 20.9 Å². The fourth-order valence-corrected chi connectivity index (χ4v) is 5.46. The Morgan fingerprint density at radius 1 is 1.10 bits per heavy atom. The van der Waals surface area contributed by atoms with E-state index in [1.54, 1.807) is 12.1 Å². The number of benzene rings is 1. The van der Waals surface area contributed by atoms with Crippen molar-refractivity contribution >= 4 is 23.6 Å². The average molecular weight is 410 g/mol. The Balaban J connectivity index is 1.37. The molecule has 3 N–H and O–H groups in total. The van der Waals surface area contributed by atoms with E-state index in [1.165, 1.54) is 19.3 Å². The van der Waals surface area contributed by atoms with Gasteiger partial charge >= 0.3 is 0 Å². The van der Waals surface area contributed by atoms with Gasteiger partial charge in [-0.1, -0.05) is 18.6 Å². The number of amides is 4. The molecule has 3 aliphatic heterocycles. The van der Waals surface area contributed by atoms with E-state index in [-0.39, 0.29) is 18.7 Å². The normalized spacial score (nSPS) is 27.8. The Hall–Kier alpha value is -2.58. The third-order valence-corrected chi connectivity index (χ3v) is 7.33. The Labute approximate surface area is 174 Å². The molecule has 3 heterocycles. The number of rotatable bonds is 4. The fraction of sp³-hybridized carbons (Fsp3) is 0.545. The van der Waals surface area contributed by atoms with Gasteiger partial charge in [-0.15, -0.1) is 0 Å². The van der Waals surface area contributed by atoms with Crippen LogP contribution in [0.1, 0.15) is 64.8 Å². The molecule has 0 radical (unpaired) electrons. The van der Waals surface area contributed by atoms with Crippen molar-refractivity contribution in [2.24, 2.45) is 5.41 Å². The van der Waals surface area contributed by atoms with Crippen LogP contribution in [0.25, 0.3) is 0 Å². The van der Waals surface area contributed by atoms with Gasteiger partial charge in [0.05, 0.1) is 11.1 Å². The SMILES string of the molecule is O=C1CCC(N2C(=O)c3cccc(CNC4CNCCC45CCC5)c3C2=O)C(=O)N1. The van der Waals surface area contributed by atoms with E-state index < -0.39 is 23.8 Å². The van der Waals surface area contributed by atoms with Crippen molar-refractivity contribution < 1.29 is 19.2 Å². The summed E-state index contributed by atoms with van der Waals surface area (Å²) in [7, 11) is 0. The van der Waals surface area contributed by atoms with Gasteiger partial charge < -0.3 is 10.6 Å². The van der Waals surface area contributed by atoms with Crippen LogP contribution in [0, 0.1) is 5.41 Å². The van der Waals surface area contributed by atoms with Gasteiger partial charge in [0.1, 0.15) is 6.04 Å². The van der Waals surface area contributed by atoms with Crippen LogP contribution in [0.2, 0.25) is 0 Å². The van der Waals surface area contributed by atoms with Crippen LogP contribution < -0.4 is 16.0 Å². The zero-order valence-electron chi connectivity index (χ0n) is 16.8. The quantitative estimate of drug-likeness (QED) is 0.631. The number of carbonyl (C=O) groups is 4. The van der Waals surface area contributed by atoms with Crippen molar-refractivity contribution in [2.45, 2.75) is 57.2 Å². The molecule has 2 atom stereocenters. The van der Waals surface area contributed by atoms with E-state index in [0.717, 1.165) is 30.0 Å². The summed E-state index contributed by atoms with van der Waals surface area (Å²) in [5.74, 6) is -1.85. The first-order valence-electron chi connectivity index (χ1n) is 10.8. The van der Waals surface area contributed by atoms with Crippen molar-refractivity contribution in [1.29, 1.82) is 0 Å². The zero-order chi connectivity index (χ0) is 20.9. The minimum Gasteiger partial charge on any atom is -0.315 e. The van der Waals surface area contributed by atoms with E-state index in [9.17, 15) is 19.2 Å². The number of nitrogens with one attached hydrogen (secondary N) is 3. The second kappa shape index (κ2) is 7.28. The highest BCUT2D eigenvalue weighted by atomic mass is 16.2. The smallest absolute Gasteiger partial charge is 0.262 e. The van der Waals surface area contributed by atoms with Gasteiger partial charge in [0, 0.05) is 25.6 Å². The van der Waals surface area contributed by atoms with Crippen LogP contribution in [-0.4, -0.2) is 53.7 Å². The first-order valence-corrected chi connectivity index (χ1v) is 10.8. The number of nitrogens with zero attached hydrogens (tertiary/aromatic N) is 1. The molecule has 4 amide bonds. The molecule has 1 spiro atoms. The summed E-state index contributed by atoms with van der Waals surface area (Å²) in [6.07, 6.45) is 5.19. The number of imide groups is 2. The maximum atomic E-state index is 13.2. The predicted octanol–water partition coefficient (Wildman–Crippen LogP) is 0.710. The maximum Gasteiger partial charge on any atom is 0.262 e. The highest BCUT2D eigenvalue weighted by Crippen LogP contribution is 2.47. The van der Waals surface area contributed by atoms with Crippen LogP contribution in [0.5, 0.6) is 0 Å². The third kappa shape index (κ3) is 2.97. The first-order chi connectivity index (χ1) is 14.5. The lowest BCUT2D eigenvalue weighted by atomic mass is 9.61. The van der Waals surface area contributed by atoms with E-state index in [4.69, 9.17) is 0 Å². The zero-order valence-corrected chi connectivity index (χ0v) is 16.8. The molecule has 3 fully saturated rings. The van der Waals surface area contributed by atoms with Crippen LogP contribution in [0.15, 0.2) is 18.2 Å². The second-order valence-electron chi connectivity index (χ2n) is 8.89. The molecule has 0 bridgehead atoms. The lowest BCUT2D eigenvalue weighted by Crippen LogP contribution is -2.58. The summed E-state index contributed by atoms with van der Waals surface area (Å²) in [4.78, 5) is 50.9. The molecule has 30 heavy (non-hydrogen) atoms. The predicted molar refractivity (Wildman–Crippen MR) is 108 cm³/mol. The summed E-state index contributed by atoms with van der Waals surface area (Å²) >= 11 is 0. The monoisotopic (exact) mass is 410 g/mol. The number of hydrogen-bond donors (Lipinski definition) is 3. The summed E-state index contributed by atoms with van der Waals surface area (Å²) in [6, 6.07) is 4.70. The van der Waals surface area contributed by atoms with Gasteiger partial charge in [-0.3, -0.25) is 29.4 Å². The molecule has 4 aliphatic rings. The molecule has 0 aromatic heterocycles. The molecular formula is C22H26N4O4. The highest BCUT2D eigenvalue weighted by Gasteiger charge is 2.47. The molecule has 5 rings (SSSR count). The Morgan fingerprint density at radius 2 is 1.93 bits per heavy atom. The molecular weight excluding hydrogens is 384 g/mol. The molecule has 158 valence electrons. The molecule has 2 unspecified atom stereocenters. The van der Waals surface area contributed by atoms with E-state index >= 15 is 0 Å². The van der Waals surface area contributed by atoms with Crippen molar-refractivity contribution in [3.05, 3.63) is 34.9 Å². The Bertz CT molecular complexity index is 939. The molecule has 1 saturated carbocycles. The minimum atomic E-state index is -0.934. The van der Waals surface area contributed by atoms with E-state index in [0.29, 0.717) is 29.1 Å². The highest BCUT2D eigenvalue weighted by molar-refractivity contribution is 6.24. The summed E-state index contributed by atoms with van der Waals surface area (Å²) in [5, 5.41) is 9.33. The standard InChI is InChI=1S/C22H26N4O4/c27-17-6-5-15(19(28)25-17)26-20(29)14-4-1-3-13(18(14)21(26)30)11-24-16-12-23-10-9-22(16)7-2-8-22/h1,3-4,15-16,23-24H,2,5-12H2,(H,25,27,28). The van der Waals surface area contributed by atoms with Crippen LogP contribution in [-0.2, 0) is 16.1 Å². The molecule has 1 aliphatic carbocycles.